The highest BCUT2D eigenvalue weighted by molar-refractivity contribution is 6.35. The van der Waals surface area contributed by atoms with Crippen LogP contribution in [0.1, 0.15) is 59.9 Å². The Kier molecular flexibility index (Phi) is 8.11. The van der Waals surface area contributed by atoms with E-state index in [0.29, 0.717) is 50.7 Å². The van der Waals surface area contributed by atoms with Gasteiger partial charge in [0.15, 0.2) is 0 Å². The fourth-order valence-electron chi connectivity index (χ4n) is 4.28. The maximum absolute atomic E-state index is 15.8. The average Bonchev–Trinajstić information content (AvgIpc) is 3.52. The Hall–Kier alpha value is -3.68. The zero-order valence-electron chi connectivity index (χ0n) is 23.6. The number of anilines is 2. The minimum atomic E-state index is -0.861. The standard InChI is InChI=1S/C29H35ClF2N8/c1-8-22(31)36-17(3)16(2)23(26-27(32)40(39-38-26)29(7)9-10-29)37-19-11-20-24(35-15-28(4,5)6)18(13-33)14-34-25(20)21(30)12-19/h8,11-12,14,23,37-39H,2,9-10,15H2,1,3-7H3,(H,34,35)/b22-8-,36-17?/t23-/m0/s1. The Morgan fingerprint density at radius 1 is 1.40 bits per heavy atom. The van der Waals surface area contributed by atoms with Crippen molar-refractivity contribution in [2.75, 3.05) is 17.2 Å². The van der Waals surface area contributed by atoms with Gasteiger partial charge in [0.1, 0.15) is 11.8 Å². The summed E-state index contributed by atoms with van der Waals surface area (Å²) in [5, 5.41) is 18.9. The van der Waals surface area contributed by atoms with E-state index in [9.17, 15) is 9.65 Å². The van der Waals surface area contributed by atoms with Gasteiger partial charge in [-0.3, -0.25) is 9.99 Å². The van der Waals surface area contributed by atoms with E-state index in [1.54, 1.807) is 19.1 Å². The van der Waals surface area contributed by atoms with Gasteiger partial charge in [-0.05, 0) is 62.8 Å². The summed E-state index contributed by atoms with van der Waals surface area (Å²) in [6.07, 6.45) is 4.41. The molecule has 2 heterocycles. The van der Waals surface area contributed by atoms with Crippen LogP contribution >= 0.6 is 11.6 Å². The number of nitriles is 1. The maximum atomic E-state index is 15.8. The number of halogens is 3. The predicted octanol–water partition coefficient (Wildman–Crippen LogP) is 6.86. The second-order valence-corrected chi connectivity index (χ2v) is 12.0. The molecule has 0 amide bonds. The summed E-state index contributed by atoms with van der Waals surface area (Å²) < 4.78 is 29.8. The number of allylic oxidation sites excluding steroid dienone is 1. The number of rotatable bonds is 9. The molecule has 1 fully saturated rings. The molecule has 0 saturated heterocycles. The number of hydrogen-bond acceptors (Lipinski definition) is 8. The molecule has 0 spiro atoms. The number of benzene rings is 1. The maximum Gasteiger partial charge on any atom is 0.228 e. The van der Waals surface area contributed by atoms with Gasteiger partial charge in [0, 0.05) is 29.5 Å². The Morgan fingerprint density at radius 2 is 2.10 bits per heavy atom. The monoisotopic (exact) mass is 568 g/mol. The summed E-state index contributed by atoms with van der Waals surface area (Å²) >= 11 is 6.67. The van der Waals surface area contributed by atoms with Crippen molar-refractivity contribution < 1.29 is 8.78 Å². The second kappa shape index (κ2) is 11.1. The number of hydrazine groups is 2. The summed E-state index contributed by atoms with van der Waals surface area (Å²) in [5.41, 5.74) is 8.30. The van der Waals surface area contributed by atoms with E-state index in [4.69, 9.17) is 11.6 Å². The van der Waals surface area contributed by atoms with Crippen LogP contribution in [0.25, 0.3) is 10.9 Å². The van der Waals surface area contributed by atoms with E-state index >= 15 is 4.39 Å². The van der Waals surface area contributed by atoms with Gasteiger partial charge in [0.25, 0.3) is 0 Å². The number of nitrogens with zero attached hydrogens (tertiary/aromatic N) is 4. The van der Waals surface area contributed by atoms with Crippen molar-refractivity contribution in [2.45, 2.75) is 66.0 Å². The van der Waals surface area contributed by atoms with Crippen LogP contribution < -0.4 is 21.6 Å². The topological polar surface area (TPSA) is 100 Å². The molecule has 40 heavy (non-hydrogen) atoms. The van der Waals surface area contributed by atoms with E-state index in [2.05, 4.69) is 65.0 Å². The Labute approximate surface area is 238 Å². The lowest BCUT2D eigenvalue weighted by atomic mass is 9.96. The largest absolute Gasteiger partial charge is 0.383 e. The molecule has 4 N–H and O–H groups in total. The molecule has 1 aliphatic heterocycles. The highest BCUT2D eigenvalue weighted by Gasteiger charge is 2.48. The molecule has 11 heteroatoms. The molecule has 0 unspecified atom stereocenters. The molecule has 1 saturated carbocycles. The molecule has 1 aliphatic carbocycles. The lowest BCUT2D eigenvalue weighted by Crippen LogP contribution is -2.45. The van der Waals surface area contributed by atoms with Crippen LogP contribution in [-0.2, 0) is 0 Å². The highest BCUT2D eigenvalue weighted by Crippen LogP contribution is 2.44. The lowest BCUT2D eigenvalue weighted by molar-refractivity contribution is 0.136. The molecular weight excluding hydrogens is 534 g/mol. The van der Waals surface area contributed by atoms with Crippen LogP contribution in [0.5, 0.6) is 0 Å². The van der Waals surface area contributed by atoms with E-state index in [-0.39, 0.29) is 16.7 Å². The fraction of sp³-hybridized carbons (Fsp3) is 0.414. The zero-order chi connectivity index (χ0) is 29.4. The summed E-state index contributed by atoms with van der Waals surface area (Å²) in [6.45, 7) is 16.1. The molecule has 1 aromatic carbocycles. The first-order chi connectivity index (χ1) is 18.8. The van der Waals surface area contributed by atoms with Crippen molar-refractivity contribution in [3.8, 4) is 6.07 Å². The minimum absolute atomic E-state index is 0.0565. The van der Waals surface area contributed by atoms with Gasteiger partial charge in [-0.15, -0.1) is 5.53 Å². The molecule has 0 radical (unpaired) electrons. The summed E-state index contributed by atoms with van der Waals surface area (Å²) in [6, 6.07) is 4.82. The summed E-state index contributed by atoms with van der Waals surface area (Å²) in [7, 11) is 0. The Bertz CT molecular complexity index is 1480. The van der Waals surface area contributed by atoms with Crippen molar-refractivity contribution >= 4 is 39.6 Å². The highest BCUT2D eigenvalue weighted by atomic mass is 35.5. The molecule has 2 aliphatic rings. The van der Waals surface area contributed by atoms with Gasteiger partial charge in [-0.2, -0.15) is 14.0 Å². The number of fused-ring (bicyclic) bond motifs is 1. The first kappa shape index (κ1) is 29.3. The van der Waals surface area contributed by atoms with E-state index in [1.807, 2.05) is 6.92 Å². The van der Waals surface area contributed by atoms with Crippen LogP contribution in [0.2, 0.25) is 5.02 Å². The zero-order valence-corrected chi connectivity index (χ0v) is 24.4. The third kappa shape index (κ3) is 6.06. The lowest BCUT2D eigenvalue weighted by Gasteiger charge is -2.24. The van der Waals surface area contributed by atoms with Gasteiger partial charge in [-0.1, -0.05) is 39.0 Å². The molecule has 8 nitrogen and oxygen atoms in total. The second-order valence-electron chi connectivity index (χ2n) is 11.6. The Morgan fingerprint density at radius 3 is 2.70 bits per heavy atom. The van der Waals surface area contributed by atoms with Crippen LogP contribution in [-0.4, -0.2) is 33.8 Å². The van der Waals surface area contributed by atoms with Crippen LogP contribution in [0.4, 0.5) is 20.2 Å². The number of hydrogen-bond donors (Lipinski definition) is 4. The number of aliphatic imine (C=N–C) groups is 1. The van der Waals surface area contributed by atoms with Crippen molar-refractivity contribution in [3.05, 3.63) is 64.7 Å². The summed E-state index contributed by atoms with van der Waals surface area (Å²) in [5.74, 6) is -1.17. The SMILES string of the molecule is C=C(C(C)=N/C(F)=C\C)[C@H](Nc1cc(Cl)c2ncc(C#N)c(NCC(C)(C)C)c2c1)C1=C(F)N(C2(C)CC2)NN1. The molecule has 4 rings (SSSR count). The van der Waals surface area contributed by atoms with Crippen LogP contribution in [0.3, 0.4) is 0 Å². The molecule has 1 atom stereocenters. The van der Waals surface area contributed by atoms with Crippen molar-refractivity contribution in [1.29, 1.82) is 5.26 Å². The number of pyridine rings is 1. The third-order valence-corrected chi connectivity index (χ3v) is 7.29. The van der Waals surface area contributed by atoms with E-state index < -0.39 is 17.9 Å². The Balaban J connectivity index is 1.81. The van der Waals surface area contributed by atoms with Crippen molar-refractivity contribution in [1.82, 2.24) is 21.0 Å². The quantitative estimate of drug-likeness (QED) is 0.194. The van der Waals surface area contributed by atoms with Gasteiger partial charge < -0.3 is 16.1 Å². The fourth-order valence-corrected chi connectivity index (χ4v) is 4.55. The van der Waals surface area contributed by atoms with Crippen LogP contribution in [0.15, 0.2) is 59.1 Å². The van der Waals surface area contributed by atoms with Crippen molar-refractivity contribution in [3.63, 3.8) is 0 Å². The molecule has 212 valence electrons. The van der Waals surface area contributed by atoms with Crippen LogP contribution in [0, 0.1) is 16.7 Å². The molecule has 2 aromatic rings. The normalized spacial score (nSPS) is 17.9. The summed E-state index contributed by atoms with van der Waals surface area (Å²) in [4.78, 5) is 8.38. The van der Waals surface area contributed by atoms with E-state index in [1.165, 1.54) is 24.2 Å². The molecule has 1 aromatic heterocycles. The number of aromatic nitrogens is 1. The average molecular weight is 569 g/mol. The number of nitrogens with one attached hydrogen (secondary N) is 4. The first-order valence-corrected chi connectivity index (χ1v) is 13.5. The van der Waals surface area contributed by atoms with Gasteiger partial charge in [-0.25, -0.2) is 4.99 Å². The predicted molar refractivity (Wildman–Crippen MR) is 158 cm³/mol. The van der Waals surface area contributed by atoms with Gasteiger partial charge in [0.05, 0.1) is 33.4 Å². The minimum Gasteiger partial charge on any atom is -0.383 e. The molecule has 0 bridgehead atoms. The first-order valence-electron chi connectivity index (χ1n) is 13.1. The van der Waals surface area contributed by atoms with E-state index in [0.717, 1.165) is 12.8 Å². The van der Waals surface area contributed by atoms with Gasteiger partial charge >= 0.3 is 0 Å². The van der Waals surface area contributed by atoms with Crippen molar-refractivity contribution in [2.24, 2.45) is 10.4 Å². The smallest absolute Gasteiger partial charge is 0.228 e. The third-order valence-electron chi connectivity index (χ3n) is 7.00. The molecular formula is C29H35ClF2N8. The van der Waals surface area contributed by atoms with Gasteiger partial charge in [0.2, 0.25) is 11.9 Å².